The molecule has 0 N–H and O–H groups in total. The molecule has 0 aliphatic rings. The first-order valence-electron chi connectivity index (χ1n) is 10.6. The summed E-state index contributed by atoms with van der Waals surface area (Å²) in [6, 6.07) is 19.6. The lowest BCUT2D eigenvalue weighted by Crippen LogP contribution is -2.16. The van der Waals surface area contributed by atoms with Gasteiger partial charge < -0.3 is 9.47 Å². The van der Waals surface area contributed by atoms with Gasteiger partial charge in [-0.2, -0.15) is 0 Å². The van der Waals surface area contributed by atoms with Crippen LogP contribution in [0.3, 0.4) is 0 Å². The summed E-state index contributed by atoms with van der Waals surface area (Å²) < 4.78 is 59.9. The number of hydrogen-bond donors (Lipinski definition) is 0. The van der Waals surface area contributed by atoms with E-state index in [4.69, 9.17) is 4.74 Å². The van der Waals surface area contributed by atoms with Crippen LogP contribution < -0.4 is 4.74 Å². The van der Waals surface area contributed by atoms with Crippen molar-refractivity contribution < 1.29 is 31.8 Å². The van der Waals surface area contributed by atoms with Crippen molar-refractivity contribution >= 4 is 28.5 Å². The molecular formula is C27H20F4O3S. The number of ether oxygens (including phenoxy) is 2. The molecule has 0 radical (unpaired) electrons. The van der Waals surface area contributed by atoms with Crippen LogP contribution in [0.5, 0.6) is 5.75 Å². The molecule has 4 aromatic carbocycles. The molecule has 0 amide bonds. The Hall–Kier alpha value is -3.52. The fourth-order valence-corrected chi connectivity index (χ4v) is 4.66. The summed E-state index contributed by atoms with van der Waals surface area (Å²) in [6.45, 7) is 1.89. The fourth-order valence-electron chi connectivity index (χ4n) is 3.85. The Balaban J connectivity index is 1.65. The van der Waals surface area contributed by atoms with E-state index in [1.807, 2.05) is 37.3 Å². The molecule has 3 nitrogen and oxygen atoms in total. The lowest BCUT2D eigenvalue weighted by Gasteiger charge is -2.16. The van der Waals surface area contributed by atoms with Crippen LogP contribution in [0.2, 0.25) is 0 Å². The molecular weight excluding hydrogens is 480 g/mol. The number of carbonyl (C=O) groups is 1. The maximum absolute atomic E-state index is 14.1. The predicted molar refractivity (Wildman–Crippen MR) is 127 cm³/mol. The molecule has 35 heavy (non-hydrogen) atoms. The lowest BCUT2D eigenvalue weighted by molar-refractivity contribution is -0.274. The van der Waals surface area contributed by atoms with Gasteiger partial charge in [-0.1, -0.05) is 36.0 Å². The van der Waals surface area contributed by atoms with Crippen LogP contribution in [-0.2, 0) is 16.0 Å². The smallest absolute Gasteiger partial charge is 0.469 e. The van der Waals surface area contributed by atoms with Gasteiger partial charge in [0.1, 0.15) is 11.6 Å². The molecule has 0 saturated heterocycles. The molecule has 0 unspecified atom stereocenters. The summed E-state index contributed by atoms with van der Waals surface area (Å²) in [5.41, 5.74) is 3.33. The van der Waals surface area contributed by atoms with Crippen LogP contribution in [0.15, 0.2) is 82.6 Å². The highest BCUT2D eigenvalue weighted by molar-refractivity contribution is 7.99. The Kier molecular flexibility index (Phi) is 7.03. The zero-order chi connectivity index (χ0) is 25.2. The van der Waals surface area contributed by atoms with Crippen molar-refractivity contribution in [3.8, 4) is 16.9 Å². The second kappa shape index (κ2) is 10.00. The normalized spacial score (nSPS) is 11.5. The van der Waals surface area contributed by atoms with Gasteiger partial charge in [0.2, 0.25) is 0 Å². The summed E-state index contributed by atoms with van der Waals surface area (Å²) >= 11 is 1.38. The van der Waals surface area contributed by atoms with Crippen LogP contribution in [0.4, 0.5) is 17.6 Å². The third-order valence-electron chi connectivity index (χ3n) is 5.47. The Morgan fingerprint density at radius 1 is 0.914 bits per heavy atom. The molecule has 0 fully saturated rings. The first kappa shape index (κ1) is 24.6. The molecule has 0 aliphatic carbocycles. The third kappa shape index (κ3) is 5.95. The van der Waals surface area contributed by atoms with E-state index in [1.54, 1.807) is 18.2 Å². The minimum Gasteiger partial charge on any atom is -0.469 e. The minimum absolute atomic E-state index is 0.102. The van der Waals surface area contributed by atoms with Crippen LogP contribution >= 0.6 is 11.8 Å². The summed E-state index contributed by atoms with van der Waals surface area (Å²) in [6.07, 6.45) is -4.63. The second-order valence-electron chi connectivity index (χ2n) is 7.80. The quantitative estimate of drug-likeness (QED) is 0.201. The molecule has 0 atom stereocenters. The number of methoxy groups -OCH3 is 1. The Labute approximate surface area is 203 Å². The molecule has 4 aromatic rings. The molecule has 0 aliphatic heterocycles. The number of hydrogen-bond acceptors (Lipinski definition) is 4. The van der Waals surface area contributed by atoms with Crippen molar-refractivity contribution in [1.82, 2.24) is 0 Å². The molecule has 180 valence electrons. The van der Waals surface area contributed by atoms with Gasteiger partial charge in [0.05, 0.1) is 13.5 Å². The first-order valence-corrected chi connectivity index (χ1v) is 11.4. The van der Waals surface area contributed by atoms with E-state index < -0.39 is 6.36 Å². The molecule has 0 saturated carbocycles. The number of rotatable bonds is 6. The van der Waals surface area contributed by atoms with E-state index in [2.05, 4.69) is 4.74 Å². The van der Waals surface area contributed by atoms with E-state index in [9.17, 15) is 22.4 Å². The SMILES string of the molecule is COC(=O)Cc1cc2ccc(F)cc2c(-c2ccc(Sc3ccc(OC(F)(F)F)cc3)cc2)c1C. The van der Waals surface area contributed by atoms with Gasteiger partial charge in [-0.05, 0) is 88.5 Å². The minimum atomic E-state index is -4.73. The van der Waals surface area contributed by atoms with Gasteiger partial charge in [-0.15, -0.1) is 13.2 Å². The highest BCUT2D eigenvalue weighted by Crippen LogP contribution is 2.37. The van der Waals surface area contributed by atoms with Crippen molar-refractivity contribution in [3.05, 3.63) is 89.7 Å². The zero-order valence-corrected chi connectivity index (χ0v) is 19.6. The maximum Gasteiger partial charge on any atom is 0.573 e. The molecule has 0 heterocycles. The summed E-state index contributed by atoms with van der Waals surface area (Å²) in [7, 11) is 1.34. The number of halogens is 4. The number of carbonyl (C=O) groups excluding carboxylic acids is 1. The molecule has 8 heteroatoms. The van der Waals surface area contributed by atoms with Crippen molar-refractivity contribution in [1.29, 1.82) is 0 Å². The van der Waals surface area contributed by atoms with Crippen molar-refractivity contribution in [2.45, 2.75) is 29.5 Å². The number of esters is 1. The molecule has 0 bridgehead atoms. The number of alkyl halides is 3. The average Bonchev–Trinajstić information content (AvgIpc) is 2.81. The van der Waals surface area contributed by atoms with E-state index in [0.717, 1.165) is 42.8 Å². The van der Waals surface area contributed by atoms with Crippen LogP contribution in [0, 0.1) is 12.7 Å². The van der Waals surface area contributed by atoms with Gasteiger partial charge in [0.15, 0.2) is 0 Å². The van der Waals surface area contributed by atoms with Gasteiger partial charge >= 0.3 is 12.3 Å². The summed E-state index contributed by atoms with van der Waals surface area (Å²) in [4.78, 5) is 13.5. The molecule has 4 rings (SSSR count). The van der Waals surface area contributed by atoms with E-state index in [1.165, 1.54) is 43.1 Å². The summed E-state index contributed by atoms with van der Waals surface area (Å²) in [5, 5.41) is 1.54. The zero-order valence-electron chi connectivity index (χ0n) is 18.8. The van der Waals surface area contributed by atoms with Gasteiger partial charge in [0.25, 0.3) is 0 Å². The van der Waals surface area contributed by atoms with Crippen molar-refractivity contribution in [3.63, 3.8) is 0 Å². The van der Waals surface area contributed by atoms with Gasteiger partial charge in [0, 0.05) is 9.79 Å². The second-order valence-corrected chi connectivity index (χ2v) is 8.95. The van der Waals surface area contributed by atoms with Crippen molar-refractivity contribution in [2.24, 2.45) is 0 Å². The van der Waals surface area contributed by atoms with Gasteiger partial charge in [-0.25, -0.2) is 4.39 Å². The largest absolute Gasteiger partial charge is 0.573 e. The van der Waals surface area contributed by atoms with E-state index >= 15 is 0 Å². The van der Waals surface area contributed by atoms with Crippen LogP contribution in [0.25, 0.3) is 21.9 Å². The third-order valence-corrected chi connectivity index (χ3v) is 6.49. The number of fused-ring (bicyclic) bond motifs is 1. The Morgan fingerprint density at radius 2 is 1.54 bits per heavy atom. The van der Waals surface area contributed by atoms with Crippen LogP contribution in [0.1, 0.15) is 11.1 Å². The van der Waals surface area contributed by atoms with E-state index in [0.29, 0.717) is 0 Å². The maximum atomic E-state index is 14.1. The number of benzene rings is 4. The topological polar surface area (TPSA) is 35.5 Å². The lowest BCUT2D eigenvalue weighted by atomic mass is 9.89. The molecule has 0 aromatic heterocycles. The van der Waals surface area contributed by atoms with Crippen molar-refractivity contribution in [2.75, 3.05) is 7.11 Å². The fraction of sp³-hybridized carbons (Fsp3) is 0.148. The van der Waals surface area contributed by atoms with E-state index in [-0.39, 0.29) is 24.0 Å². The average molecular weight is 501 g/mol. The highest BCUT2D eigenvalue weighted by atomic mass is 32.2. The summed E-state index contributed by atoms with van der Waals surface area (Å²) in [5.74, 6) is -0.999. The van der Waals surface area contributed by atoms with Gasteiger partial charge in [-0.3, -0.25) is 4.79 Å². The Bertz CT molecular complexity index is 1360. The monoisotopic (exact) mass is 500 g/mol. The first-order chi connectivity index (χ1) is 16.6. The Morgan fingerprint density at radius 3 is 2.14 bits per heavy atom. The predicted octanol–water partition coefficient (Wildman–Crippen LogP) is 7.72. The van der Waals surface area contributed by atoms with Crippen LogP contribution in [-0.4, -0.2) is 19.4 Å². The molecule has 0 spiro atoms. The standard InChI is InChI=1S/C27H20F4O3S/c1-16-19(14-25(32)33-2)13-18-3-6-20(28)15-24(18)26(16)17-4-9-22(10-5-17)35-23-11-7-21(8-12-23)34-27(29,30)31/h3-13,15H,14H2,1-2H3. The highest BCUT2D eigenvalue weighted by Gasteiger charge is 2.31.